The van der Waals surface area contributed by atoms with Crippen molar-refractivity contribution in [1.82, 2.24) is 14.5 Å². The van der Waals surface area contributed by atoms with Gasteiger partial charge < -0.3 is 5.11 Å². The molecule has 0 radical (unpaired) electrons. The van der Waals surface area contributed by atoms with Crippen molar-refractivity contribution in [3.63, 3.8) is 0 Å². The van der Waals surface area contributed by atoms with Crippen molar-refractivity contribution in [3.8, 4) is 0 Å². The Morgan fingerprint density at radius 1 is 1.43 bits per heavy atom. The number of hydrogen-bond donors (Lipinski definition) is 2. The van der Waals surface area contributed by atoms with Crippen LogP contribution in [0, 0.1) is 5.92 Å². The Labute approximate surface area is 128 Å². The lowest BCUT2D eigenvalue weighted by Gasteiger charge is -2.22. The first-order valence-electron chi connectivity index (χ1n) is 6.75. The number of hydrogen-bond acceptors (Lipinski definition) is 4. The highest BCUT2D eigenvalue weighted by Gasteiger charge is 2.34. The Morgan fingerprint density at radius 2 is 2.10 bits per heavy atom. The summed E-state index contributed by atoms with van der Waals surface area (Å²) in [5.41, 5.74) is 0. The Kier molecular flexibility index (Phi) is 4.90. The number of nitrogens with one attached hydrogen (secondary N) is 1. The van der Waals surface area contributed by atoms with Crippen molar-refractivity contribution in [2.24, 2.45) is 13.0 Å². The van der Waals surface area contributed by atoms with Gasteiger partial charge in [-0.25, -0.2) is 13.1 Å². The third-order valence-electron chi connectivity index (χ3n) is 3.74. The highest BCUT2D eigenvalue weighted by Crippen LogP contribution is 2.26. The van der Waals surface area contributed by atoms with Gasteiger partial charge in [0.15, 0.2) is 5.03 Å². The van der Waals surface area contributed by atoms with E-state index in [0.29, 0.717) is 12.8 Å². The molecule has 0 aromatic carbocycles. The van der Waals surface area contributed by atoms with Crippen LogP contribution in [0.1, 0.15) is 32.1 Å². The first kappa shape index (κ1) is 16.3. The molecule has 1 fully saturated rings. The maximum absolute atomic E-state index is 12.4. The molecule has 9 heteroatoms. The number of carbonyl (C=O) groups is 1. The molecule has 2 unspecified atom stereocenters. The Hall–Kier alpha value is -1.12. The number of nitrogens with zero attached hydrogens (tertiary/aromatic N) is 2. The molecule has 0 bridgehead atoms. The van der Waals surface area contributed by atoms with Crippen molar-refractivity contribution in [2.45, 2.75) is 43.2 Å². The maximum atomic E-state index is 12.4. The van der Waals surface area contributed by atoms with Gasteiger partial charge in [-0.15, -0.1) is 0 Å². The van der Waals surface area contributed by atoms with Gasteiger partial charge in [0.1, 0.15) is 0 Å². The molecule has 1 aliphatic carbocycles. The minimum absolute atomic E-state index is 0.0190. The molecule has 0 aliphatic heterocycles. The van der Waals surface area contributed by atoms with Crippen molar-refractivity contribution >= 4 is 27.6 Å². The van der Waals surface area contributed by atoms with E-state index in [1.165, 1.54) is 13.2 Å². The summed E-state index contributed by atoms with van der Waals surface area (Å²) in [6.45, 7) is 0. The smallest absolute Gasteiger partial charge is 0.308 e. The fourth-order valence-electron chi connectivity index (χ4n) is 2.70. The molecule has 2 atom stereocenters. The van der Waals surface area contributed by atoms with Crippen molar-refractivity contribution in [2.75, 3.05) is 0 Å². The maximum Gasteiger partial charge on any atom is 0.308 e. The Morgan fingerprint density at radius 3 is 2.67 bits per heavy atom. The second-order valence-corrected chi connectivity index (χ2v) is 7.27. The SMILES string of the molecule is Cn1ncc(Cl)c1S(=O)(=O)NC1CCCCCC1C(=O)O. The van der Waals surface area contributed by atoms with Gasteiger partial charge in [0.05, 0.1) is 17.1 Å². The Bertz CT molecular complexity index is 609. The Balaban J connectivity index is 2.27. The second-order valence-electron chi connectivity index (χ2n) is 5.23. The number of halogens is 1. The van der Waals surface area contributed by atoms with Crippen LogP contribution in [0.2, 0.25) is 5.02 Å². The van der Waals surface area contributed by atoms with Crippen molar-refractivity contribution in [1.29, 1.82) is 0 Å². The van der Waals surface area contributed by atoms with Crippen LogP contribution in [-0.4, -0.2) is 35.3 Å². The molecule has 0 spiro atoms. The number of aliphatic carboxylic acids is 1. The lowest BCUT2D eigenvalue weighted by atomic mass is 9.96. The molecule has 1 heterocycles. The fourth-order valence-corrected chi connectivity index (χ4v) is 4.67. The molecular weight excluding hydrogens is 318 g/mol. The molecule has 0 saturated heterocycles. The minimum Gasteiger partial charge on any atom is -0.481 e. The predicted molar refractivity (Wildman–Crippen MR) is 76.5 cm³/mol. The molecular formula is C12H18ClN3O4S. The zero-order valence-corrected chi connectivity index (χ0v) is 13.2. The van der Waals surface area contributed by atoms with E-state index in [1.807, 2.05) is 0 Å². The molecule has 0 amide bonds. The van der Waals surface area contributed by atoms with E-state index in [-0.39, 0.29) is 10.0 Å². The monoisotopic (exact) mass is 335 g/mol. The zero-order valence-electron chi connectivity index (χ0n) is 11.6. The van der Waals surface area contributed by atoms with Gasteiger partial charge in [-0.1, -0.05) is 30.9 Å². The van der Waals surface area contributed by atoms with Gasteiger partial charge in [-0.2, -0.15) is 5.10 Å². The summed E-state index contributed by atoms with van der Waals surface area (Å²) < 4.78 is 28.5. The summed E-state index contributed by atoms with van der Waals surface area (Å²) in [5, 5.41) is 13.0. The van der Waals surface area contributed by atoms with Crippen molar-refractivity contribution in [3.05, 3.63) is 11.2 Å². The van der Waals surface area contributed by atoms with Crippen LogP contribution in [-0.2, 0) is 21.9 Å². The minimum atomic E-state index is -3.91. The quantitative estimate of drug-likeness (QED) is 0.809. The lowest BCUT2D eigenvalue weighted by molar-refractivity contribution is -0.142. The van der Waals surface area contributed by atoms with E-state index in [2.05, 4.69) is 9.82 Å². The molecule has 1 aliphatic rings. The van der Waals surface area contributed by atoms with Crippen LogP contribution in [0.3, 0.4) is 0 Å². The molecule has 2 rings (SSSR count). The number of rotatable bonds is 4. The number of aromatic nitrogens is 2. The van der Waals surface area contributed by atoms with Gasteiger partial charge >= 0.3 is 5.97 Å². The lowest BCUT2D eigenvalue weighted by Crippen LogP contribution is -2.43. The zero-order chi connectivity index (χ0) is 15.6. The number of carboxylic acid groups (broad SMARTS) is 1. The van der Waals surface area contributed by atoms with Gasteiger partial charge in [-0.3, -0.25) is 9.48 Å². The van der Waals surface area contributed by atoms with Crippen molar-refractivity contribution < 1.29 is 18.3 Å². The number of carboxylic acids is 1. The normalized spacial score (nSPS) is 23.7. The largest absolute Gasteiger partial charge is 0.481 e. The second kappa shape index (κ2) is 6.33. The molecule has 7 nitrogen and oxygen atoms in total. The predicted octanol–water partition coefficient (Wildman–Crippen LogP) is 1.39. The molecule has 21 heavy (non-hydrogen) atoms. The number of aryl methyl sites for hydroxylation is 1. The average molecular weight is 336 g/mol. The summed E-state index contributed by atoms with van der Waals surface area (Å²) in [6.07, 6.45) is 4.73. The molecule has 1 aromatic heterocycles. The van der Waals surface area contributed by atoms with Gasteiger partial charge in [0.25, 0.3) is 10.0 Å². The molecule has 118 valence electrons. The summed E-state index contributed by atoms with van der Waals surface area (Å²) in [7, 11) is -2.43. The topological polar surface area (TPSA) is 101 Å². The summed E-state index contributed by atoms with van der Waals surface area (Å²) >= 11 is 5.86. The standard InChI is InChI=1S/C12H18ClN3O4S/c1-16-11(9(13)7-14-16)21(19,20)15-10-6-4-2-3-5-8(10)12(17)18/h7-8,10,15H,2-6H2,1H3,(H,17,18). The van der Waals surface area contributed by atoms with Crippen LogP contribution in [0.4, 0.5) is 0 Å². The van der Waals surface area contributed by atoms with Gasteiger partial charge in [0, 0.05) is 13.1 Å². The molecule has 1 saturated carbocycles. The van der Waals surface area contributed by atoms with Crippen LogP contribution in [0.25, 0.3) is 0 Å². The van der Waals surface area contributed by atoms with Crippen LogP contribution in [0.5, 0.6) is 0 Å². The summed E-state index contributed by atoms with van der Waals surface area (Å²) in [4.78, 5) is 11.3. The number of sulfonamides is 1. The van der Waals surface area contributed by atoms with Gasteiger partial charge in [0.2, 0.25) is 0 Å². The van der Waals surface area contributed by atoms with Crippen LogP contribution < -0.4 is 4.72 Å². The van der Waals surface area contributed by atoms with E-state index in [0.717, 1.165) is 23.9 Å². The van der Waals surface area contributed by atoms with E-state index in [1.54, 1.807) is 0 Å². The van der Waals surface area contributed by atoms with Crippen LogP contribution >= 0.6 is 11.6 Å². The highest BCUT2D eigenvalue weighted by atomic mass is 35.5. The third kappa shape index (κ3) is 3.56. The van der Waals surface area contributed by atoms with Crippen LogP contribution in [0.15, 0.2) is 11.2 Å². The van der Waals surface area contributed by atoms with E-state index in [4.69, 9.17) is 11.6 Å². The molecule has 1 aromatic rings. The van der Waals surface area contributed by atoms with E-state index < -0.39 is 28.0 Å². The van der Waals surface area contributed by atoms with E-state index >= 15 is 0 Å². The molecule has 2 N–H and O–H groups in total. The summed E-state index contributed by atoms with van der Waals surface area (Å²) in [5.74, 6) is -1.69. The van der Waals surface area contributed by atoms with E-state index in [9.17, 15) is 18.3 Å². The average Bonchev–Trinajstić information content (AvgIpc) is 2.60. The third-order valence-corrected chi connectivity index (χ3v) is 5.73. The van der Waals surface area contributed by atoms with Gasteiger partial charge in [-0.05, 0) is 12.8 Å². The summed E-state index contributed by atoms with van der Waals surface area (Å²) in [6, 6.07) is -0.624. The highest BCUT2D eigenvalue weighted by molar-refractivity contribution is 7.89. The first-order chi connectivity index (χ1) is 9.83. The fraction of sp³-hybridized carbons (Fsp3) is 0.667. The first-order valence-corrected chi connectivity index (χ1v) is 8.61.